The number of hydrogen-bond acceptors (Lipinski definition) is 4. The molecule has 0 bridgehead atoms. The van der Waals surface area contributed by atoms with Gasteiger partial charge >= 0.3 is 0 Å². The van der Waals surface area contributed by atoms with E-state index in [9.17, 15) is 4.79 Å². The zero-order chi connectivity index (χ0) is 22.5. The maximum Gasteiger partial charge on any atom is 0.193 e. The number of fused-ring (bicyclic) bond motifs is 1. The van der Waals surface area contributed by atoms with Crippen molar-refractivity contribution in [3.05, 3.63) is 96.1 Å². The lowest BCUT2D eigenvalue weighted by atomic mass is 9.96. The average molecular weight is 424 g/mol. The van der Waals surface area contributed by atoms with Crippen molar-refractivity contribution >= 4 is 22.6 Å². The lowest BCUT2D eigenvalue weighted by Gasteiger charge is -2.13. The number of ether oxygens (including phenoxy) is 3. The Bertz CT molecular complexity index is 1280. The molecular formula is C28H24O4. The van der Waals surface area contributed by atoms with Gasteiger partial charge in [-0.1, -0.05) is 66.7 Å². The van der Waals surface area contributed by atoms with E-state index in [0.29, 0.717) is 22.8 Å². The summed E-state index contributed by atoms with van der Waals surface area (Å²) in [5.41, 5.74) is 3.45. The SMILES string of the molecule is COc1cc(OC)c(C(=O)/C=C/c2ccccc2-c2ccc3ccccc3c2)c(OC)c1. The van der Waals surface area contributed by atoms with Gasteiger partial charge in [-0.3, -0.25) is 4.79 Å². The molecule has 0 saturated heterocycles. The third-order valence-corrected chi connectivity index (χ3v) is 5.40. The average Bonchev–Trinajstić information content (AvgIpc) is 2.86. The number of methoxy groups -OCH3 is 3. The van der Waals surface area contributed by atoms with Gasteiger partial charge in [0.25, 0.3) is 0 Å². The summed E-state index contributed by atoms with van der Waals surface area (Å²) in [6, 6.07) is 26.0. The van der Waals surface area contributed by atoms with Crippen LogP contribution in [0, 0.1) is 0 Å². The number of rotatable bonds is 7. The van der Waals surface area contributed by atoms with Gasteiger partial charge < -0.3 is 14.2 Å². The Morgan fingerprint density at radius 2 is 1.38 bits per heavy atom. The molecule has 0 atom stereocenters. The standard InChI is InChI=1S/C28H24O4/c1-30-23-17-26(31-2)28(27(18-23)32-3)25(29)15-14-20-9-6-7-11-24(20)22-13-12-19-8-4-5-10-21(19)16-22/h4-18H,1-3H3/b15-14+. The maximum absolute atomic E-state index is 13.1. The minimum atomic E-state index is -0.213. The molecule has 0 saturated carbocycles. The van der Waals surface area contributed by atoms with Crippen LogP contribution in [0.2, 0.25) is 0 Å². The molecule has 0 fully saturated rings. The molecule has 0 radical (unpaired) electrons. The molecular weight excluding hydrogens is 400 g/mol. The van der Waals surface area contributed by atoms with Gasteiger partial charge in [-0.15, -0.1) is 0 Å². The van der Waals surface area contributed by atoms with E-state index in [1.165, 1.54) is 25.0 Å². The highest BCUT2D eigenvalue weighted by Crippen LogP contribution is 2.35. The zero-order valence-corrected chi connectivity index (χ0v) is 18.3. The molecule has 4 aromatic carbocycles. The van der Waals surface area contributed by atoms with E-state index in [1.807, 2.05) is 36.4 Å². The molecule has 0 aromatic heterocycles. The summed E-state index contributed by atoms with van der Waals surface area (Å²) in [6.45, 7) is 0. The van der Waals surface area contributed by atoms with Crippen LogP contribution in [0.1, 0.15) is 15.9 Å². The third kappa shape index (κ3) is 4.21. The Morgan fingerprint density at radius 3 is 2.06 bits per heavy atom. The lowest BCUT2D eigenvalue weighted by molar-refractivity contribution is 0.104. The summed E-state index contributed by atoms with van der Waals surface area (Å²) in [4.78, 5) is 13.1. The third-order valence-electron chi connectivity index (χ3n) is 5.40. The fraction of sp³-hybridized carbons (Fsp3) is 0.107. The highest BCUT2D eigenvalue weighted by atomic mass is 16.5. The quantitative estimate of drug-likeness (QED) is 0.253. The van der Waals surface area contributed by atoms with Crippen LogP contribution in [0.25, 0.3) is 28.0 Å². The van der Waals surface area contributed by atoms with E-state index in [4.69, 9.17) is 14.2 Å². The summed E-state index contributed by atoms with van der Waals surface area (Å²) >= 11 is 0. The summed E-state index contributed by atoms with van der Waals surface area (Å²) < 4.78 is 16.1. The second-order valence-corrected chi connectivity index (χ2v) is 7.25. The largest absolute Gasteiger partial charge is 0.496 e. The highest BCUT2D eigenvalue weighted by molar-refractivity contribution is 6.11. The number of hydrogen-bond donors (Lipinski definition) is 0. The van der Waals surface area contributed by atoms with Crippen molar-refractivity contribution < 1.29 is 19.0 Å². The van der Waals surface area contributed by atoms with Crippen LogP contribution in [0.4, 0.5) is 0 Å². The molecule has 0 unspecified atom stereocenters. The molecule has 0 N–H and O–H groups in total. The Labute approximate surface area is 187 Å². The van der Waals surface area contributed by atoms with Gasteiger partial charge in [-0.2, -0.15) is 0 Å². The Hall–Kier alpha value is -4.05. The Kier molecular flexibility index (Phi) is 6.22. The topological polar surface area (TPSA) is 44.8 Å². The van der Waals surface area contributed by atoms with Crippen LogP contribution in [-0.4, -0.2) is 27.1 Å². The first-order chi connectivity index (χ1) is 15.6. The molecule has 0 aliphatic heterocycles. The summed E-state index contributed by atoms with van der Waals surface area (Å²) in [5.74, 6) is 1.15. The number of carbonyl (C=O) groups is 1. The zero-order valence-electron chi connectivity index (χ0n) is 18.3. The molecule has 4 aromatic rings. The van der Waals surface area contributed by atoms with Gasteiger partial charge in [0.05, 0.1) is 21.3 Å². The number of benzene rings is 4. The molecule has 4 rings (SSSR count). The van der Waals surface area contributed by atoms with Gasteiger partial charge in [0.2, 0.25) is 0 Å². The van der Waals surface area contributed by atoms with E-state index in [1.54, 1.807) is 25.3 Å². The second kappa shape index (κ2) is 9.40. The second-order valence-electron chi connectivity index (χ2n) is 7.25. The predicted octanol–water partition coefficient (Wildman–Crippen LogP) is 6.43. The van der Waals surface area contributed by atoms with Gasteiger partial charge in [-0.25, -0.2) is 0 Å². The van der Waals surface area contributed by atoms with E-state index >= 15 is 0 Å². The molecule has 0 amide bonds. The molecule has 0 aliphatic rings. The Balaban J connectivity index is 1.71. The van der Waals surface area contributed by atoms with Crippen molar-refractivity contribution in [2.24, 2.45) is 0 Å². The molecule has 0 heterocycles. The van der Waals surface area contributed by atoms with Gasteiger partial charge in [0, 0.05) is 12.1 Å². The monoisotopic (exact) mass is 424 g/mol. The number of ketones is 1. The summed E-state index contributed by atoms with van der Waals surface area (Å²) in [7, 11) is 4.59. The molecule has 32 heavy (non-hydrogen) atoms. The van der Waals surface area contributed by atoms with Crippen LogP contribution >= 0.6 is 0 Å². The minimum absolute atomic E-state index is 0.213. The highest BCUT2D eigenvalue weighted by Gasteiger charge is 2.18. The predicted molar refractivity (Wildman–Crippen MR) is 129 cm³/mol. The minimum Gasteiger partial charge on any atom is -0.496 e. The van der Waals surface area contributed by atoms with E-state index in [-0.39, 0.29) is 5.78 Å². The molecule has 0 spiro atoms. The van der Waals surface area contributed by atoms with Crippen molar-refractivity contribution in [1.82, 2.24) is 0 Å². The van der Waals surface area contributed by atoms with Crippen LogP contribution in [0.15, 0.2) is 84.9 Å². The molecule has 4 heteroatoms. The van der Waals surface area contributed by atoms with Gasteiger partial charge in [0.1, 0.15) is 22.8 Å². The summed E-state index contributed by atoms with van der Waals surface area (Å²) in [6.07, 6.45) is 3.38. The smallest absolute Gasteiger partial charge is 0.193 e. The van der Waals surface area contributed by atoms with E-state index < -0.39 is 0 Å². The Morgan fingerprint density at radius 1 is 0.719 bits per heavy atom. The van der Waals surface area contributed by atoms with E-state index in [0.717, 1.165) is 16.7 Å². The fourth-order valence-electron chi connectivity index (χ4n) is 3.76. The molecule has 0 aliphatic carbocycles. The first-order valence-electron chi connectivity index (χ1n) is 10.2. The molecule has 160 valence electrons. The number of allylic oxidation sites excluding steroid dienone is 1. The van der Waals surface area contributed by atoms with Crippen LogP contribution in [0.5, 0.6) is 17.2 Å². The van der Waals surface area contributed by atoms with Crippen molar-refractivity contribution in [3.63, 3.8) is 0 Å². The van der Waals surface area contributed by atoms with Crippen LogP contribution in [-0.2, 0) is 0 Å². The van der Waals surface area contributed by atoms with Crippen molar-refractivity contribution in [2.75, 3.05) is 21.3 Å². The molecule has 4 nitrogen and oxygen atoms in total. The number of carbonyl (C=O) groups excluding carboxylic acids is 1. The maximum atomic E-state index is 13.1. The van der Waals surface area contributed by atoms with Gasteiger partial charge in [-0.05, 0) is 39.6 Å². The van der Waals surface area contributed by atoms with E-state index in [2.05, 4.69) is 36.4 Å². The summed E-state index contributed by atoms with van der Waals surface area (Å²) in [5, 5.41) is 2.37. The van der Waals surface area contributed by atoms with Gasteiger partial charge in [0.15, 0.2) is 5.78 Å². The van der Waals surface area contributed by atoms with Crippen molar-refractivity contribution in [2.45, 2.75) is 0 Å². The first-order valence-corrected chi connectivity index (χ1v) is 10.2. The normalized spacial score (nSPS) is 11.0. The lowest BCUT2D eigenvalue weighted by Crippen LogP contribution is -2.03. The first kappa shape index (κ1) is 21.2. The van der Waals surface area contributed by atoms with Crippen molar-refractivity contribution in [3.8, 4) is 28.4 Å². The van der Waals surface area contributed by atoms with Crippen molar-refractivity contribution in [1.29, 1.82) is 0 Å². The van der Waals surface area contributed by atoms with Crippen LogP contribution in [0.3, 0.4) is 0 Å². The fourth-order valence-corrected chi connectivity index (χ4v) is 3.76. The van der Waals surface area contributed by atoms with Crippen LogP contribution < -0.4 is 14.2 Å².